The fraction of sp³-hybridized carbons (Fsp3) is 0.300. The van der Waals surface area contributed by atoms with Crippen LogP contribution in [0, 0.1) is 27.3 Å². The summed E-state index contributed by atoms with van der Waals surface area (Å²) in [7, 11) is 0. The predicted octanol–water partition coefficient (Wildman–Crippen LogP) is 1.95. The van der Waals surface area contributed by atoms with E-state index in [4.69, 9.17) is 28.5 Å². The molecule has 5 heteroatoms. The molecule has 1 aliphatic carbocycles. The van der Waals surface area contributed by atoms with Gasteiger partial charge in [0.15, 0.2) is 0 Å². The van der Waals surface area contributed by atoms with Gasteiger partial charge in [-0.1, -0.05) is 12.2 Å². The summed E-state index contributed by atoms with van der Waals surface area (Å²) < 4.78 is 0.330. The van der Waals surface area contributed by atoms with Crippen molar-refractivity contribution in [2.75, 3.05) is 5.73 Å². The van der Waals surface area contributed by atoms with E-state index in [0.29, 0.717) is 15.8 Å². The molecule has 1 fully saturated rings. The number of aromatic amines is 1. The molecule has 3 N–H and O–H groups in total. The van der Waals surface area contributed by atoms with Crippen molar-refractivity contribution in [3.05, 3.63) is 21.3 Å². The van der Waals surface area contributed by atoms with Crippen LogP contribution in [0.2, 0.25) is 0 Å². The molecule has 0 bridgehead atoms. The van der Waals surface area contributed by atoms with Gasteiger partial charge < -0.3 is 10.7 Å². The molecular weight excluding hydrogens is 208 g/mol. The molecule has 0 atom stereocenters. The van der Waals surface area contributed by atoms with Crippen molar-refractivity contribution in [3.8, 4) is 12.1 Å². The molecule has 74 valence electrons. The number of nitrogen functional groups attached to an aromatic ring is 1. The van der Waals surface area contributed by atoms with Crippen molar-refractivity contribution in [3.63, 3.8) is 0 Å². The van der Waals surface area contributed by atoms with Crippen LogP contribution in [-0.2, 0) is 0 Å². The first-order chi connectivity index (χ1) is 7.19. The molecule has 1 heterocycles. The fourth-order valence-corrected chi connectivity index (χ4v) is 1.92. The minimum atomic E-state index is 0.267. The monoisotopic (exact) mass is 216 g/mol. The van der Waals surface area contributed by atoms with Gasteiger partial charge in [-0.15, -0.1) is 0 Å². The van der Waals surface area contributed by atoms with E-state index in [9.17, 15) is 0 Å². The third-order valence-electron chi connectivity index (χ3n) is 2.49. The number of aromatic nitrogens is 1. The number of nitriles is 2. The fourth-order valence-electron chi connectivity index (χ4n) is 1.65. The Hall–Kier alpha value is -1.85. The molecular formula is C10H8N4S. The molecule has 0 unspecified atom stereocenters. The maximum absolute atomic E-state index is 9.00. The predicted molar refractivity (Wildman–Crippen MR) is 57.4 cm³/mol. The Kier molecular flexibility index (Phi) is 2.18. The number of hydrogen-bond donors (Lipinski definition) is 2. The van der Waals surface area contributed by atoms with Crippen LogP contribution in [0.4, 0.5) is 5.82 Å². The molecule has 0 saturated heterocycles. The van der Waals surface area contributed by atoms with Gasteiger partial charge in [0.25, 0.3) is 0 Å². The highest BCUT2D eigenvalue weighted by Gasteiger charge is 2.30. The lowest BCUT2D eigenvalue weighted by atomic mass is 10.0. The molecule has 0 spiro atoms. The number of rotatable bonds is 1. The summed E-state index contributed by atoms with van der Waals surface area (Å²) in [5, 5.41) is 18.0. The third-order valence-corrected chi connectivity index (χ3v) is 2.80. The molecule has 4 nitrogen and oxygen atoms in total. The average Bonchev–Trinajstić information content (AvgIpc) is 3.00. The van der Waals surface area contributed by atoms with Gasteiger partial charge in [0.2, 0.25) is 0 Å². The first-order valence-electron chi connectivity index (χ1n) is 4.55. The van der Waals surface area contributed by atoms with E-state index in [2.05, 4.69) is 4.98 Å². The summed E-state index contributed by atoms with van der Waals surface area (Å²) in [5.41, 5.74) is 7.18. The van der Waals surface area contributed by atoms with Crippen LogP contribution in [0.15, 0.2) is 0 Å². The van der Waals surface area contributed by atoms with E-state index in [-0.39, 0.29) is 11.7 Å². The van der Waals surface area contributed by atoms with E-state index >= 15 is 0 Å². The first-order valence-corrected chi connectivity index (χ1v) is 4.95. The van der Waals surface area contributed by atoms with Crippen molar-refractivity contribution in [1.29, 1.82) is 10.5 Å². The van der Waals surface area contributed by atoms with E-state index in [1.54, 1.807) is 0 Å². The zero-order chi connectivity index (χ0) is 11.0. The van der Waals surface area contributed by atoms with E-state index < -0.39 is 0 Å². The second kappa shape index (κ2) is 3.38. The van der Waals surface area contributed by atoms with Crippen LogP contribution in [0.25, 0.3) is 0 Å². The topological polar surface area (TPSA) is 89.4 Å². The number of H-pyrrole nitrogens is 1. The number of nitrogens with one attached hydrogen (secondary N) is 1. The van der Waals surface area contributed by atoms with Crippen molar-refractivity contribution >= 4 is 18.0 Å². The van der Waals surface area contributed by atoms with Crippen molar-refractivity contribution in [2.24, 2.45) is 0 Å². The van der Waals surface area contributed by atoms with Crippen molar-refractivity contribution < 1.29 is 0 Å². The summed E-state index contributed by atoms with van der Waals surface area (Å²) in [6.07, 6.45) is 2.00. The number of nitrogens with zero attached hydrogens (tertiary/aromatic N) is 2. The Labute approximate surface area is 92.0 Å². The second-order valence-electron chi connectivity index (χ2n) is 3.53. The molecule has 0 aromatic carbocycles. The summed E-state index contributed by atoms with van der Waals surface area (Å²) in [6.45, 7) is 0. The minimum Gasteiger partial charge on any atom is -0.384 e. The number of anilines is 1. The minimum absolute atomic E-state index is 0.267. The highest BCUT2D eigenvalue weighted by molar-refractivity contribution is 7.71. The number of pyridine rings is 1. The quantitative estimate of drug-likeness (QED) is 0.702. The molecule has 1 aromatic rings. The van der Waals surface area contributed by atoms with Gasteiger partial charge in [0.1, 0.15) is 22.6 Å². The molecule has 15 heavy (non-hydrogen) atoms. The Morgan fingerprint density at radius 1 is 1.27 bits per heavy atom. The zero-order valence-corrected chi connectivity index (χ0v) is 8.69. The third kappa shape index (κ3) is 1.47. The number of nitrogens with two attached hydrogens (primary N) is 1. The highest BCUT2D eigenvalue weighted by Crippen LogP contribution is 2.44. The Bertz CT molecular complexity index is 555. The summed E-state index contributed by atoms with van der Waals surface area (Å²) in [6, 6.07) is 4.08. The van der Waals surface area contributed by atoms with Crippen molar-refractivity contribution in [2.45, 2.75) is 18.8 Å². The Balaban J connectivity index is 2.82. The van der Waals surface area contributed by atoms with E-state index in [1.807, 2.05) is 12.1 Å². The van der Waals surface area contributed by atoms with Gasteiger partial charge in [0, 0.05) is 0 Å². The second-order valence-corrected chi connectivity index (χ2v) is 3.94. The standard InChI is InChI=1S/C10H8N4S/c11-3-6-8(5-1-2-5)7(4-12)10(15)14-9(6)13/h5H,1-2H2,(H3,13,14,15). The zero-order valence-electron chi connectivity index (χ0n) is 7.87. The van der Waals surface area contributed by atoms with E-state index in [0.717, 1.165) is 18.4 Å². The smallest absolute Gasteiger partial charge is 0.123 e. The lowest BCUT2D eigenvalue weighted by molar-refractivity contribution is 1.08. The summed E-state index contributed by atoms with van der Waals surface area (Å²) in [5.74, 6) is 0.552. The highest BCUT2D eigenvalue weighted by atomic mass is 32.1. The van der Waals surface area contributed by atoms with Gasteiger partial charge in [-0.3, -0.25) is 0 Å². The van der Waals surface area contributed by atoms with Gasteiger partial charge in [0.05, 0.1) is 11.1 Å². The van der Waals surface area contributed by atoms with Crippen LogP contribution in [-0.4, -0.2) is 4.98 Å². The lowest BCUT2D eigenvalue weighted by Crippen LogP contribution is -2.03. The molecule has 2 rings (SSSR count). The lowest BCUT2D eigenvalue weighted by Gasteiger charge is -2.07. The first kappa shape index (κ1) is 9.70. The molecule has 0 aliphatic heterocycles. The van der Waals surface area contributed by atoms with Gasteiger partial charge in [-0.05, 0) is 24.3 Å². The maximum Gasteiger partial charge on any atom is 0.123 e. The molecule has 1 aliphatic rings. The average molecular weight is 216 g/mol. The van der Waals surface area contributed by atoms with Crippen molar-refractivity contribution in [1.82, 2.24) is 4.98 Å². The van der Waals surface area contributed by atoms with Gasteiger partial charge in [-0.2, -0.15) is 10.5 Å². The largest absolute Gasteiger partial charge is 0.384 e. The Morgan fingerprint density at radius 2 is 1.87 bits per heavy atom. The van der Waals surface area contributed by atoms with Crippen LogP contribution >= 0.6 is 12.2 Å². The molecule has 1 aromatic heterocycles. The SMILES string of the molecule is N#Cc1c(N)[nH]c(=S)c(C#N)c1C1CC1. The normalized spacial score (nSPS) is 14.3. The Morgan fingerprint density at radius 3 is 2.33 bits per heavy atom. The van der Waals surface area contributed by atoms with Gasteiger partial charge in [-0.25, -0.2) is 0 Å². The van der Waals surface area contributed by atoms with Crippen LogP contribution in [0.5, 0.6) is 0 Å². The summed E-state index contributed by atoms with van der Waals surface area (Å²) in [4.78, 5) is 2.68. The van der Waals surface area contributed by atoms with Crippen LogP contribution in [0.3, 0.4) is 0 Å². The molecule has 0 amide bonds. The van der Waals surface area contributed by atoms with E-state index in [1.165, 1.54) is 0 Å². The van der Waals surface area contributed by atoms with Crippen LogP contribution in [0.1, 0.15) is 35.4 Å². The summed E-state index contributed by atoms with van der Waals surface area (Å²) >= 11 is 5.01. The maximum atomic E-state index is 9.00. The molecule has 0 radical (unpaired) electrons. The number of hydrogen-bond acceptors (Lipinski definition) is 4. The van der Waals surface area contributed by atoms with Gasteiger partial charge >= 0.3 is 0 Å². The van der Waals surface area contributed by atoms with Crippen LogP contribution < -0.4 is 5.73 Å². The molecule has 1 saturated carbocycles.